The van der Waals surface area contributed by atoms with E-state index in [-0.39, 0.29) is 6.61 Å². The minimum atomic E-state index is -0.992. The molecule has 0 unspecified atom stereocenters. The normalized spacial score (nSPS) is 21.1. The van der Waals surface area contributed by atoms with E-state index in [4.69, 9.17) is 23.7 Å². The lowest BCUT2D eigenvalue weighted by Gasteiger charge is -2.24. The molecule has 0 aromatic heterocycles. The molecule has 1 heterocycles. The number of carbonyl (C=O) groups excluding carboxylic acids is 3. The highest BCUT2D eigenvalue weighted by atomic mass is 16.6. The monoisotopic (exact) mass is 466 g/mol. The maximum Gasteiger partial charge on any atom is 0.303 e. The Kier molecular flexibility index (Phi) is 8.28. The number of benzene rings is 2. The van der Waals surface area contributed by atoms with Gasteiger partial charge >= 0.3 is 17.9 Å². The van der Waals surface area contributed by atoms with E-state index in [0.29, 0.717) is 16.9 Å². The topological polar surface area (TPSA) is 97.4 Å². The predicted molar refractivity (Wildman–Crippen MR) is 121 cm³/mol. The predicted octanol–water partition coefficient (Wildman–Crippen LogP) is 2.96. The van der Waals surface area contributed by atoms with Gasteiger partial charge in [-0.25, -0.2) is 0 Å². The average Bonchev–Trinajstić information content (AvgIpc) is 3.12. The molecule has 0 bridgehead atoms. The largest absolute Gasteiger partial charge is 0.496 e. The van der Waals surface area contributed by atoms with Crippen LogP contribution in [0.15, 0.2) is 48.5 Å². The first kappa shape index (κ1) is 24.8. The molecule has 34 heavy (non-hydrogen) atoms. The van der Waals surface area contributed by atoms with Crippen LogP contribution in [0.5, 0.6) is 5.75 Å². The second-order valence-corrected chi connectivity index (χ2v) is 7.62. The third-order valence-corrected chi connectivity index (χ3v) is 5.03. The second kappa shape index (κ2) is 11.3. The zero-order chi connectivity index (χ0) is 24.7. The Morgan fingerprint density at radius 1 is 0.853 bits per heavy atom. The molecule has 2 aromatic rings. The van der Waals surface area contributed by atoms with Gasteiger partial charge in [0.15, 0.2) is 12.2 Å². The molecule has 1 aliphatic rings. The summed E-state index contributed by atoms with van der Waals surface area (Å²) in [6.07, 6.45) is -3.70. The van der Waals surface area contributed by atoms with Gasteiger partial charge in [-0.3, -0.25) is 14.4 Å². The summed E-state index contributed by atoms with van der Waals surface area (Å²) >= 11 is 0. The lowest BCUT2D eigenvalue weighted by molar-refractivity contribution is -0.165. The van der Waals surface area contributed by atoms with Crippen molar-refractivity contribution in [1.82, 2.24) is 0 Å². The van der Waals surface area contributed by atoms with Crippen LogP contribution in [0.1, 0.15) is 43.6 Å². The van der Waals surface area contributed by atoms with Gasteiger partial charge in [-0.05, 0) is 30.3 Å². The van der Waals surface area contributed by atoms with Gasteiger partial charge in [0.25, 0.3) is 0 Å². The van der Waals surface area contributed by atoms with Crippen LogP contribution in [-0.4, -0.2) is 49.9 Å². The van der Waals surface area contributed by atoms with E-state index in [1.54, 1.807) is 18.2 Å². The minimum absolute atomic E-state index is 0.183. The third-order valence-electron chi connectivity index (χ3n) is 5.03. The van der Waals surface area contributed by atoms with E-state index in [2.05, 4.69) is 11.8 Å². The number of ether oxygens (including phenoxy) is 5. The number of esters is 3. The number of hydrogen-bond acceptors (Lipinski definition) is 8. The summed E-state index contributed by atoms with van der Waals surface area (Å²) < 4.78 is 27.7. The van der Waals surface area contributed by atoms with Crippen molar-refractivity contribution in [1.29, 1.82) is 0 Å². The molecule has 0 spiro atoms. The van der Waals surface area contributed by atoms with Crippen LogP contribution >= 0.6 is 0 Å². The molecule has 1 saturated heterocycles. The molecule has 0 aliphatic carbocycles. The van der Waals surface area contributed by atoms with E-state index >= 15 is 0 Å². The highest BCUT2D eigenvalue weighted by Crippen LogP contribution is 2.41. The highest BCUT2D eigenvalue weighted by Gasteiger charge is 2.51. The van der Waals surface area contributed by atoms with Crippen molar-refractivity contribution < 1.29 is 38.1 Å². The van der Waals surface area contributed by atoms with Gasteiger partial charge in [-0.2, -0.15) is 0 Å². The summed E-state index contributed by atoms with van der Waals surface area (Å²) in [6, 6.07) is 14.8. The number of hydrogen-bond donors (Lipinski definition) is 0. The van der Waals surface area contributed by atoms with Gasteiger partial charge in [0.1, 0.15) is 24.6 Å². The van der Waals surface area contributed by atoms with Crippen molar-refractivity contribution >= 4 is 17.9 Å². The van der Waals surface area contributed by atoms with Crippen molar-refractivity contribution in [2.45, 2.75) is 45.2 Å². The zero-order valence-corrected chi connectivity index (χ0v) is 19.4. The molecule has 1 fully saturated rings. The van der Waals surface area contributed by atoms with Crippen molar-refractivity contribution in [2.24, 2.45) is 0 Å². The Bertz CT molecular complexity index is 1100. The first-order valence-corrected chi connectivity index (χ1v) is 10.7. The second-order valence-electron chi connectivity index (χ2n) is 7.62. The summed E-state index contributed by atoms with van der Waals surface area (Å²) in [5, 5.41) is 0. The Morgan fingerprint density at radius 3 is 2.12 bits per heavy atom. The fraction of sp³-hybridized carbons (Fsp3) is 0.346. The molecule has 1 aliphatic heterocycles. The van der Waals surface area contributed by atoms with Crippen molar-refractivity contribution in [2.75, 3.05) is 13.7 Å². The Morgan fingerprint density at radius 2 is 1.50 bits per heavy atom. The lowest BCUT2D eigenvalue weighted by atomic mass is 9.98. The van der Waals surface area contributed by atoms with Crippen molar-refractivity contribution in [3.05, 3.63) is 65.2 Å². The summed E-state index contributed by atoms with van der Waals surface area (Å²) in [4.78, 5) is 35.1. The molecular weight excluding hydrogens is 440 g/mol. The standard InChI is InChI=1S/C26H26O8/c1-16(27)31-15-23-25(32-17(2)28)26(33-18(3)29)24(34-23)21-14-20(12-13-22(21)30-4)11-10-19-8-6-5-7-9-19/h5-9,12-14,23-26H,15H2,1-4H3/t23-,24+,25-,26+/m1/s1. The number of rotatable bonds is 6. The number of methoxy groups -OCH3 is 1. The molecule has 8 heteroatoms. The molecule has 0 radical (unpaired) electrons. The maximum atomic E-state index is 11.9. The van der Waals surface area contributed by atoms with Crippen LogP contribution in [0.25, 0.3) is 0 Å². The molecule has 3 rings (SSSR count). The first-order chi connectivity index (χ1) is 16.3. The minimum Gasteiger partial charge on any atom is -0.496 e. The Hall–Kier alpha value is -3.83. The van der Waals surface area contributed by atoms with Crippen LogP contribution in [0.4, 0.5) is 0 Å². The average molecular weight is 466 g/mol. The highest BCUT2D eigenvalue weighted by molar-refractivity contribution is 5.68. The SMILES string of the molecule is COc1ccc(C#Cc2ccccc2)cc1[C@@H]1O[C@H](COC(C)=O)[C@@H](OC(C)=O)[C@H]1OC(C)=O. The van der Waals surface area contributed by atoms with E-state index in [1.165, 1.54) is 27.9 Å². The fourth-order valence-corrected chi connectivity index (χ4v) is 3.67. The van der Waals surface area contributed by atoms with Crippen LogP contribution in [0.2, 0.25) is 0 Å². The van der Waals surface area contributed by atoms with Gasteiger partial charge in [-0.15, -0.1) is 0 Å². The van der Waals surface area contributed by atoms with Crippen LogP contribution < -0.4 is 4.74 Å². The van der Waals surface area contributed by atoms with Gasteiger partial charge in [0.2, 0.25) is 0 Å². The number of carbonyl (C=O) groups is 3. The zero-order valence-electron chi connectivity index (χ0n) is 19.4. The molecule has 4 atom stereocenters. The first-order valence-electron chi connectivity index (χ1n) is 10.7. The van der Waals surface area contributed by atoms with E-state index < -0.39 is 42.3 Å². The molecular formula is C26H26O8. The van der Waals surface area contributed by atoms with Crippen LogP contribution in [-0.2, 0) is 33.3 Å². The van der Waals surface area contributed by atoms with Gasteiger partial charge < -0.3 is 23.7 Å². The quantitative estimate of drug-likeness (QED) is 0.364. The summed E-state index contributed by atoms with van der Waals surface area (Å²) in [5.41, 5.74) is 2.08. The van der Waals surface area contributed by atoms with E-state index in [9.17, 15) is 14.4 Å². The summed E-state index contributed by atoms with van der Waals surface area (Å²) in [5.74, 6) is 4.98. The molecule has 178 valence electrons. The lowest BCUT2D eigenvalue weighted by Crippen LogP contribution is -2.40. The Labute approximate surface area is 198 Å². The van der Waals surface area contributed by atoms with Crippen LogP contribution in [0, 0.1) is 11.8 Å². The molecule has 0 amide bonds. The smallest absolute Gasteiger partial charge is 0.303 e. The van der Waals surface area contributed by atoms with Gasteiger partial charge in [0.05, 0.1) is 7.11 Å². The summed E-state index contributed by atoms with van der Waals surface area (Å²) in [7, 11) is 1.50. The maximum absolute atomic E-state index is 11.9. The van der Waals surface area contributed by atoms with Crippen molar-refractivity contribution in [3.63, 3.8) is 0 Å². The third kappa shape index (κ3) is 6.36. The molecule has 0 saturated carbocycles. The molecule has 0 N–H and O–H groups in total. The van der Waals surface area contributed by atoms with E-state index in [1.807, 2.05) is 30.3 Å². The van der Waals surface area contributed by atoms with E-state index in [0.717, 1.165) is 5.56 Å². The van der Waals surface area contributed by atoms with Crippen LogP contribution in [0.3, 0.4) is 0 Å². The van der Waals surface area contributed by atoms with Crippen molar-refractivity contribution in [3.8, 4) is 17.6 Å². The Balaban J connectivity index is 2.01. The van der Waals surface area contributed by atoms with Gasteiger partial charge in [-0.1, -0.05) is 30.0 Å². The summed E-state index contributed by atoms with van der Waals surface area (Å²) in [6.45, 7) is 3.56. The fourth-order valence-electron chi connectivity index (χ4n) is 3.67. The van der Waals surface area contributed by atoms with Gasteiger partial charge in [0, 0.05) is 37.5 Å². The molecule has 2 aromatic carbocycles. The molecule has 8 nitrogen and oxygen atoms in total.